The van der Waals surface area contributed by atoms with E-state index in [2.05, 4.69) is 23.9 Å². The Morgan fingerprint density at radius 3 is 2.47 bits per heavy atom. The van der Waals surface area contributed by atoms with Crippen molar-refractivity contribution >= 4 is 0 Å². The van der Waals surface area contributed by atoms with Gasteiger partial charge in [-0.3, -0.25) is 4.90 Å². The Morgan fingerprint density at radius 2 is 2.00 bits per heavy atom. The van der Waals surface area contributed by atoms with Gasteiger partial charge in [-0.05, 0) is 25.9 Å². The maximum Gasteiger partial charge on any atom is 0.151 e. The Balaban J connectivity index is 2.48. The Labute approximate surface area is 91.4 Å². The molecule has 4 nitrogen and oxygen atoms in total. The zero-order valence-corrected chi connectivity index (χ0v) is 9.70. The summed E-state index contributed by atoms with van der Waals surface area (Å²) in [6, 6.07) is 1.94. The molecule has 1 rings (SSSR count). The lowest BCUT2D eigenvalue weighted by Crippen LogP contribution is -2.24. The van der Waals surface area contributed by atoms with Crippen LogP contribution in [0.4, 0.5) is 0 Å². The van der Waals surface area contributed by atoms with Gasteiger partial charge in [0.15, 0.2) is 5.76 Å². The Kier molecular flexibility index (Phi) is 5.36. The van der Waals surface area contributed by atoms with Crippen LogP contribution < -0.4 is 5.73 Å². The van der Waals surface area contributed by atoms with Gasteiger partial charge in [0, 0.05) is 12.6 Å². The molecule has 0 spiro atoms. The molecule has 0 unspecified atom stereocenters. The lowest BCUT2D eigenvalue weighted by molar-refractivity contribution is 0.231. The molecule has 0 radical (unpaired) electrons. The number of hydrogen-bond acceptors (Lipinski definition) is 4. The van der Waals surface area contributed by atoms with E-state index >= 15 is 0 Å². The molecular weight excluding hydrogens is 190 g/mol. The van der Waals surface area contributed by atoms with Crippen LogP contribution in [0.5, 0.6) is 0 Å². The average molecular weight is 211 g/mol. The van der Waals surface area contributed by atoms with Gasteiger partial charge in [-0.15, -0.1) is 0 Å². The fourth-order valence-corrected chi connectivity index (χ4v) is 1.65. The highest BCUT2D eigenvalue weighted by molar-refractivity contribution is 5.04. The van der Waals surface area contributed by atoms with E-state index < -0.39 is 0 Å². The summed E-state index contributed by atoms with van der Waals surface area (Å²) in [6.45, 7) is 7.88. The third kappa shape index (κ3) is 4.01. The van der Waals surface area contributed by atoms with Crippen molar-refractivity contribution < 1.29 is 4.52 Å². The Hall–Kier alpha value is -0.870. The molecule has 1 aromatic rings. The highest BCUT2D eigenvalue weighted by Gasteiger charge is 2.08. The predicted octanol–water partition coefficient (Wildman–Crippen LogP) is 1.76. The van der Waals surface area contributed by atoms with E-state index in [1.54, 1.807) is 0 Å². The number of hydrogen-bond donors (Lipinski definition) is 1. The number of rotatable bonds is 7. The maximum atomic E-state index is 5.48. The molecule has 0 atom stereocenters. The molecule has 0 fully saturated rings. The molecule has 86 valence electrons. The summed E-state index contributed by atoms with van der Waals surface area (Å²) < 4.78 is 5.21. The molecular formula is C11H21N3O. The van der Waals surface area contributed by atoms with Gasteiger partial charge in [-0.1, -0.05) is 19.0 Å². The van der Waals surface area contributed by atoms with E-state index in [0.717, 1.165) is 43.9 Å². The molecule has 0 saturated carbocycles. The summed E-state index contributed by atoms with van der Waals surface area (Å²) in [5.74, 6) is 0.914. The molecule has 15 heavy (non-hydrogen) atoms. The highest BCUT2D eigenvalue weighted by atomic mass is 16.5. The van der Waals surface area contributed by atoms with E-state index in [9.17, 15) is 0 Å². The van der Waals surface area contributed by atoms with Crippen LogP contribution in [0.25, 0.3) is 0 Å². The minimum absolute atomic E-state index is 0.449. The normalized spacial score (nSPS) is 11.2. The first kappa shape index (κ1) is 12.2. The van der Waals surface area contributed by atoms with Crippen LogP contribution in [0.1, 0.15) is 38.1 Å². The van der Waals surface area contributed by atoms with E-state index in [1.807, 2.05) is 6.07 Å². The molecule has 0 saturated heterocycles. The fraction of sp³-hybridized carbons (Fsp3) is 0.727. The smallest absolute Gasteiger partial charge is 0.151 e. The minimum atomic E-state index is 0.449. The number of nitrogens with two attached hydrogens (primary N) is 1. The van der Waals surface area contributed by atoms with Crippen molar-refractivity contribution in [3.63, 3.8) is 0 Å². The maximum absolute atomic E-state index is 5.48. The summed E-state index contributed by atoms with van der Waals surface area (Å²) in [6.07, 6.45) is 2.33. The average Bonchev–Trinajstić information content (AvgIpc) is 2.66. The third-order valence-electron chi connectivity index (χ3n) is 2.28. The summed E-state index contributed by atoms with van der Waals surface area (Å²) in [5, 5.41) is 3.88. The van der Waals surface area contributed by atoms with Crippen molar-refractivity contribution in [2.45, 2.75) is 39.8 Å². The number of nitrogens with zero attached hydrogens (tertiary/aromatic N) is 2. The summed E-state index contributed by atoms with van der Waals surface area (Å²) in [5.41, 5.74) is 6.31. The summed E-state index contributed by atoms with van der Waals surface area (Å²) >= 11 is 0. The van der Waals surface area contributed by atoms with Gasteiger partial charge in [-0.2, -0.15) is 0 Å². The lowest BCUT2D eigenvalue weighted by atomic mass is 10.3. The van der Waals surface area contributed by atoms with Gasteiger partial charge in [0.1, 0.15) is 0 Å². The second-order valence-corrected chi connectivity index (χ2v) is 3.76. The largest absolute Gasteiger partial charge is 0.360 e. The molecule has 0 aliphatic rings. The van der Waals surface area contributed by atoms with Crippen molar-refractivity contribution in [2.24, 2.45) is 5.73 Å². The SMILES string of the molecule is CCCN(CCC)Cc1cc(CN)no1. The van der Waals surface area contributed by atoms with Crippen LogP contribution in [0.2, 0.25) is 0 Å². The standard InChI is InChI=1S/C11H21N3O/c1-3-5-14(6-4-2)9-11-7-10(8-12)13-15-11/h7H,3-6,8-9,12H2,1-2H3. The van der Waals surface area contributed by atoms with E-state index in [4.69, 9.17) is 10.3 Å². The van der Waals surface area contributed by atoms with Crippen LogP contribution in [0, 0.1) is 0 Å². The summed E-state index contributed by atoms with van der Waals surface area (Å²) in [4.78, 5) is 2.38. The third-order valence-corrected chi connectivity index (χ3v) is 2.28. The van der Waals surface area contributed by atoms with Crippen LogP contribution in [-0.4, -0.2) is 23.1 Å². The first-order valence-electron chi connectivity index (χ1n) is 5.67. The molecule has 1 aromatic heterocycles. The molecule has 2 N–H and O–H groups in total. The van der Waals surface area contributed by atoms with Crippen molar-refractivity contribution in [3.05, 3.63) is 17.5 Å². The van der Waals surface area contributed by atoms with Crippen molar-refractivity contribution in [1.29, 1.82) is 0 Å². The molecule has 0 bridgehead atoms. The molecule has 1 heterocycles. The molecule has 0 aliphatic carbocycles. The van der Waals surface area contributed by atoms with Crippen LogP contribution in [0.3, 0.4) is 0 Å². The molecule has 0 amide bonds. The topological polar surface area (TPSA) is 55.3 Å². The Bertz CT molecular complexity index is 267. The second kappa shape index (κ2) is 6.58. The van der Waals surface area contributed by atoms with Gasteiger partial charge in [0.25, 0.3) is 0 Å². The van der Waals surface area contributed by atoms with E-state index in [1.165, 1.54) is 0 Å². The Morgan fingerprint density at radius 1 is 1.33 bits per heavy atom. The molecule has 0 aromatic carbocycles. The number of aromatic nitrogens is 1. The minimum Gasteiger partial charge on any atom is -0.360 e. The van der Waals surface area contributed by atoms with Crippen LogP contribution in [0.15, 0.2) is 10.6 Å². The lowest BCUT2D eigenvalue weighted by Gasteiger charge is -2.18. The monoisotopic (exact) mass is 211 g/mol. The van der Waals surface area contributed by atoms with Gasteiger partial charge < -0.3 is 10.3 Å². The van der Waals surface area contributed by atoms with Crippen LogP contribution >= 0.6 is 0 Å². The first-order chi connectivity index (χ1) is 7.30. The van der Waals surface area contributed by atoms with E-state index in [0.29, 0.717) is 6.54 Å². The predicted molar refractivity (Wildman–Crippen MR) is 60.3 cm³/mol. The van der Waals surface area contributed by atoms with Gasteiger partial charge >= 0.3 is 0 Å². The van der Waals surface area contributed by atoms with Gasteiger partial charge in [-0.25, -0.2) is 0 Å². The quantitative estimate of drug-likeness (QED) is 0.746. The molecule has 4 heteroatoms. The first-order valence-corrected chi connectivity index (χ1v) is 5.67. The van der Waals surface area contributed by atoms with Crippen molar-refractivity contribution in [2.75, 3.05) is 13.1 Å². The highest BCUT2D eigenvalue weighted by Crippen LogP contribution is 2.07. The van der Waals surface area contributed by atoms with Crippen LogP contribution in [-0.2, 0) is 13.1 Å². The van der Waals surface area contributed by atoms with Crippen molar-refractivity contribution in [1.82, 2.24) is 10.1 Å². The molecule has 0 aliphatic heterocycles. The zero-order chi connectivity index (χ0) is 11.1. The van der Waals surface area contributed by atoms with Crippen molar-refractivity contribution in [3.8, 4) is 0 Å². The van der Waals surface area contributed by atoms with Gasteiger partial charge in [0.05, 0.1) is 12.2 Å². The fourth-order valence-electron chi connectivity index (χ4n) is 1.65. The zero-order valence-electron chi connectivity index (χ0n) is 9.70. The van der Waals surface area contributed by atoms with Gasteiger partial charge in [0.2, 0.25) is 0 Å². The second-order valence-electron chi connectivity index (χ2n) is 3.76. The summed E-state index contributed by atoms with van der Waals surface area (Å²) in [7, 11) is 0. The van der Waals surface area contributed by atoms with E-state index in [-0.39, 0.29) is 0 Å².